The molecule has 0 aliphatic heterocycles. The van der Waals surface area contributed by atoms with E-state index >= 15 is 0 Å². The summed E-state index contributed by atoms with van der Waals surface area (Å²) in [6.45, 7) is 4.62. The van der Waals surface area contributed by atoms with Crippen molar-refractivity contribution in [1.82, 2.24) is 20.3 Å². The maximum atomic E-state index is 12.8. The van der Waals surface area contributed by atoms with E-state index in [1.807, 2.05) is 61.8 Å². The number of anilines is 2. The summed E-state index contributed by atoms with van der Waals surface area (Å²) in [5.74, 6) is 0.593. The molecule has 0 unspecified atom stereocenters. The number of aromatic nitrogens is 3. The number of rotatable bonds is 14. The van der Waals surface area contributed by atoms with Gasteiger partial charge in [0.2, 0.25) is 12.3 Å². The number of thiazole rings is 2. The Bertz CT molecular complexity index is 1970. The molecule has 260 valence electrons. The van der Waals surface area contributed by atoms with Gasteiger partial charge >= 0.3 is 6.09 Å². The standard InChI is InChI=1S/C37H40N6O5S2/c1-23-31(42-37(46)48-29-8-4-3-5-9-29)16-28(20-39-23)25-13-14-30-33(18-25)50-36(41-30)43-34(45)10-6-7-15-47-32-17-26(35-24(2)40-22-49-35)11-12-27(32)19-38-21-44/h11-14,16-18,20-22,29H,3-10,15,19H2,1-2H3,(H,38,44)(H,42,46)(H,41,43,45). The van der Waals surface area contributed by atoms with Crippen LogP contribution in [0.4, 0.5) is 15.6 Å². The van der Waals surface area contributed by atoms with Gasteiger partial charge in [0.1, 0.15) is 11.9 Å². The quantitative estimate of drug-likeness (QED) is 0.0769. The summed E-state index contributed by atoms with van der Waals surface area (Å²) >= 11 is 2.98. The van der Waals surface area contributed by atoms with E-state index in [-0.39, 0.29) is 12.0 Å². The number of nitrogens with zero attached hydrogens (tertiary/aromatic N) is 3. The number of pyridine rings is 1. The van der Waals surface area contributed by atoms with Crippen LogP contribution in [0.5, 0.6) is 5.75 Å². The van der Waals surface area contributed by atoms with Gasteiger partial charge in [0.25, 0.3) is 0 Å². The molecule has 1 aliphatic rings. The molecule has 3 aromatic heterocycles. The van der Waals surface area contributed by atoms with Gasteiger partial charge in [-0.05, 0) is 87.8 Å². The van der Waals surface area contributed by atoms with Crippen molar-refractivity contribution in [2.45, 2.75) is 77.9 Å². The third-order valence-corrected chi connectivity index (χ3v) is 10.5. The SMILES string of the molecule is Cc1ncc(-c2ccc3nc(NC(=O)CCCCOc4cc(-c5scnc5C)ccc4CNC=O)sc3c2)cc1NC(=O)OC1CCCCC1. The first-order chi connectivity index (χ1) is 24.4. The van der Waals surface area contributed by atoms with E-state index in [0.29, 0.717) is 61.1 Å². The highest BCUT2D eigenvalue weighted by atomic mass is 32.1. The zero-order valence-corrected chi connectivity index (χ0v) is 29.8. The first kappa shape index (κ1) is 35.0. The molecule has 0 radical (unpaired) electrons. The number of amides is 3. The van der Waals surface area contributed by atoms with Crippen molar-refractivity contribution >= 4 is 62.1 Å². The Hall–Kier alpha value is -4.88. The van der Waals surface area contributed by atoms with Crippen molar-refractivity contribution in [3.63, 3.8) is 0 Å². The highest BCUT2D eigenvalue weighted by molar-refractivity contribution is 7.22. The number of hydrogen-bond acceptors (Lipinski definition) is 10. The molecule has 13 heteroatoms. The Morgan fingerprint density at radius 2 is 1.78 bits per heavy atom. The molecule has 0 bridgehead atoms. The van der Waals surface area contributed by atoms with Crippen LogP contribution in [0.1, 0.15) is 68.3 Å². The fourth-order valence-electron chi connectivity index (χ4n) is 5.91. The minimum absolute atomic E-state index is 0.0300. The average Bonchev–Trinajstić information content (AvgIpc) is 3.73. The fraction of sp³-hybridized carbons (Fsp3) is 0.351. The van der Waals surface area contributed by atoms with Crippen molar-refractivity contribution in [1.29, 1.82) is 0 Å². The summed E-state index contributed by atoms with van der Waals surface area (Å²) in [5.41, 5.74) is 8.55. The normalized spacial score (nSPS) is 13.2. The fourth-order valence-corrected chi connectivity index (χ4v) is 7.63. The Labute approximate surface area is 298 Å². The molecule has 11 nitrogen and oxygen atoms in total. The number of carbonyl (C=O) groups excluding carboxylic acids is 3. The van der Waals surface area contributed by atoms with Gasteiger partial charge in [-0.2, -0.15) is 0 Å². The molecule has 3 N–H and O–H groups in total. The van der Waals surface area contributed by atoms with Crippen LogP contribution in [0.15, 0.2) is 54.2 Å². The Morgan fingerprint density at radius 1 is 0.940 bits per heavy atom. The van der Waals surface area contributed by atoms with Gasteiger partial charge in [-0.1, -0.05) is 36.0 Å². The molecule has 3 heterocycles. The van der Waals surface area contributed by atoms with Gasteiger partial charge < -0.3 is 20.1 Å². The zero-order chi connectivity index (χ0) is 34.9. The zero-order valence-electron chi connectivity index (χ0n) is 28.1. The van der Waals surface area contributed by atoms with Gasteiger partial charge in [-0.3, -0.25) is 19.9 Å². The molecule has 5 aromatic rings. The monoisotopic (exact) mass is 712 g/mol. The van der Waals surface area contributed by atoms with Gasteiger partial charge in [-0.25, -0.2) is 14.8 Å². The minimum Gasteiger partial charge on any atom is -0.493 e. The van der Waals surface area contributed by atoms with Crippen molar-refractivity contribution in [3.8, 4) is 27.3 Å². The number of nitrogens with one attached hydrogen (secondary N) is 3. The summed E-state index contributed by atoms with van der Waals surface area (Å²) < 4.78 is 12.7. The molecular weight excluding hydrogens is 673 g/mol. The molecule has 1 fully saturated rings. The van der Waals surface area contributed by atoms with E-state index in [4.69, 9.17) is 9.47 Å². The lowest BCUT2D eigenvalue weighted by atomic mass is 9.98. The van der Waals surface area contributed by atoms with Gasteiger partial charge in [0.05, 0.1) is 44.3 Å². The van der Waals surface area contributed by atoms with E-state index < -0.39 is 6.09 Å². The molecule has 50 heavy (non-hydrogen) atoms. The van der Waals surface area contributed by atoms with Crippen molar-refractivity contribution in [3.05, 3.63) is 71.1 Å². The topological polar surface area (TPSA) is 144 Å². The van der Waals surface area contributed by atoms with E-state index in [1.165, 1.54) is 17.8 Å². The number of carbonyl (C=O) groups is 3. The van der Waals surface area contributed by atoms with E-state index in [0.717, 1.165) is 68.7 Å². The summed E-state index contributed by atoms with van der Waals surface area (Å²) in [4.78, 5) is 50.8. The second-order valence-electron chi connectivity index (χ2n) is 12.3. The average molecular weight is 713 g/mol. The van der Waals surface area contributed by atoms with Gasteiger partial charge in [0, 0.05) is 30.3 Å². The van der Waals surface area contributed by atoms with Crippen LogP contribution >= 0.6 is 22.7 Å². The summed E-state index contributed by atoms with van der Waals surface area (Å²) in [6, 6.07) is 13.7. The Kier molecular flexibility index (Phi) is 11.7. The van der Waals surface area contributed by atoms with Gasteiger partial charge in [-0.15, -0.1) is 11.3 Å². The second-order valence-corrected chi connectivity index (χ2v) is 14.2. The lowest BCUT2D eigenvalue weighted by Gasteiger charge is -2.22. The molecule has 6 rings (SSSR count). The molecule has 3 amide bonds. The largest absolute Gasteiger partial charge is 0.493 e. The number of ether oxygens (including phenoxy) is 2. The van der Waals surface area contributed by atoms with Crippen LogP contribution in [-0.2, 0) is 20.9 Å². The van der Waals surface area contributed by atoms with Crippen LogP contribution in [-0.4, -0.2) is 46.1 Å². The van der Waals surface area contributed by atoms with Gasteiger partial charge in [0.15, 0.2) is 5.13 Å². The molecular formula is C37H40N6O5S2. The Balaban J connectivity index is 1.01. The number of unbranched alkanes of at least 4 members (excludes halogenated alkanes) is 1. The number of fused-ring (bicyclic) bond motifs is 1. The molecule has 2 aromatic carbocycles. The molecule has 0 spiro atoms. The van der Waals surface area contributed by atoms with Crippen LogP contribution in [0.2, 0.25) is 0 Å². The lowest BCUT2D eigenvalue weighted by molar-refractivity contribution is -0.116. The number of hydrogen-bond donors (Lipinski definition) is 3. The molecule has 0 saturated heterocycles. The first-order valence-corrected chi connectivity index (χ1v) is 18.5. The maximum Gasteiger partial charge on any atom is 0.411 e. The van der Waals surface area contributed by atoms with E-state index in [9.17, 15) is 14.4 Å². The predicted molar refractivity (Wildman–Crippen MR) is 198 cm³/mol. The number of benzene rings is 2. The second kappa shape index (κ2) is 16.7. The van der Waals surface area contributed by atoms with Crippen LogP contribution < -0.4 is 20.7 Å². The lowest BCUT2D eigenvalue weighted by Crippen LogP contribution is -2.24. The van der Waals surface area contributed by atoms with E-state index in [2.05, 4.69) is 30.9 Å². The summed E-state index contributed by atoms with van der Waals surface area (Å²) in [5, 5.41) is 9.06. The predicted octanol–water partition coefficient (Wildman–Crippen LogP) is 8.41. The highest BCUT2D eigenvalue weighted by Gasteiger charge is 2.19. The third kappa shape index (κ3) is 9.01. The smallest absolute Gasteiger partial charge is 0.411 e. The van der Waals surface area contributed by atoms with Crippen molar-refractivity contribution < 1.29 is 23.9 Å². The highest BCUT2D eigenvalue weighted by Crippen LogP contribution is 2.33. The maximum absolute atomic E-state index is 12.8. The summed E-state index contributed by atoms with van der Waals surface area (Å²) in [6.07, 6.45) is 8.81. The van der Waals surface area contributed by atoms with Crippen LogP contribution in [0, 0.1) is 13.8 Å². The van der Waals surface area contributed by atoms with Crippen LogP contribution in [0.3, 0.4) is 0 Å². The third-order valence-electron chi connectivity index (χ3n) is 8.62. The molecule has 1 aliphatic carbocycles. The van der Waals surface area contributed by atoms with Crippen molar-refractivity contribution in [2.24, 2.45) is 0 Å². The Morgan fingerprint density at radius 3 is 2.58 bits per heavy atom. The molecule has 0 atom stereocenters. The van der Waals surface area contributed by atoms with Crippen molar-refractivity contribution in [2.75, 3.05) is 17.2 Å². The summed E-state index contributed by atoms with van der Waals surface area (Å²) in [7, 11) is 0. The molecule has 1 saturated carbocycles. The first-order valence-electron chi connectivity index (χ1n) is 16.8. The van der Waals surface area contributed by atoms with E-state index in [1.54, 1.807) is 17.5 Å². The number of aryl methyl sites for hydroxylation is 2. The van der Waals surface area contributed by atoms with Crippen LogP contribution in [0.25, 0.3) is 31.8 Å². The minimum atomic E-state index is -0.449.